The number of nitrogens with zero attached hydrogens (tertiary/aromatic N) is 1. The van der Waals surface area contributed by atoms with Crippen molar-refractivity contribution in [1.29, 1.82) is 0 Å². The van der Waals surface area contributed by atoms with Crippen LogP contribution in [-0.2, 0) is 9.84 Å². The molecule has 1 aromatic carbocycles. The van der Waals surface area contributed by atoms with Gasteiger partial charge in [-0.05, 0) is 25.0 Å². The van der Waals surface area contributed by atoms with E-state index < -0.39 is 20.2 Å². The zero-order valence-electron chi connectivity index (χ0n) is 10.6. The number of nitrogens with two attached hydrogens (primary N) is 1. The smallest absolute Gasteiger partial charge is 0.369 e. The lowest BCUT2D eigenvalue weighted by Gasteiger charge is -2.33. The van der Waals surface area contributed by atoms with Crippen LogP contribution < -0.4 is 10.6 Å². The van der Waals surface area contributed by atoms with E-state index in [1.807, 2.05) is 0 Å². The van der Waals surface area contributed by atoms with Gasteiger partial charge in [0.05, 0.1) is 10.6 Å². The Morgan fingerprint density at radius 1 is 1.25 bits per heavy atom. The van der Waals surface area contributed by atoms with Crippen LogP contribution in [0.3, 0.4) is 0 Å². The van der Waals surface area contributed by atoms with Crippen molar-refractivity contribution >= 4 is 15.5 Å². The molecule has 0 aliphatic carbocycles. The number of benzene rings is 1. The molecule has 8 heteroatoms. The lowest BCUT2D eigenvalue weighted by atomic mass is 10.1. The predicted molar refractivity (Wildman–Crippen MR) is 69.1 cm³/mol. The third kappa shape index (κ3) is 2.76. The summed E-state index contributed by atoms with van der Waals surface area (Å²) in [6, 6.07) is 5.01. The lowest BCUT2D eigenvalue weighted by molar-refractivity contribution is -0.0435. The molecule has 112 valence electrons. The van der Waals surface area contributed by atoms with E-state index in [4.69, 9.17) is 5.73 Å². The highest BCUT2D eigenvalue weighted by Gasteiger charge is 2.48. The quantitative estimate of drug-likeness (QED) is 0.906. The maximum Gasteiger partial charge on any atom is 0.501 e. The van der Waals surface area contributed by atoms with Crippen LogP contribution in [0, 0.1) is 0 Å². The van der Waals surface area contributed by atoms with Crippen molar-refractivity contribution in [3.8, 4) is 0 Å². The highest BCUT2D eigenvalue weighted by molar-refractivity contribution is 7.92. The van der Waals surface area contributed by atoms with Crippen LogP contribution in [0.2, 0.25) is 0 Å². The summed E-state index contributed by atoms with van der Waals surface area (Å²) in [6.07, 6.45) is 1.51. The number of hydrogen-bond acceptors (Lipinski definition) is 4. The molecule has 0 spiro atoms. The van der Waals surface area contributed by atoms with Crippen LogP contribution in [0.1, 0.15) is 12.8 Å². The van der Waals surface area contributed by atoms with Crippen LogP contribution >= 0.6 is 0 Å². The van der Waals surface area contributed by atoms with E-state index in [0.717, 1.165) is 18.9 Å². The first-order chi connectivity index (χ1) is 9.23. The van der Waals surface area contributed by atoms with E-state index in [9.17, 15) is 21.6 Å². The van der Waals surface area contributed by atoms with Gasteiger partial charge >= 0.3 is 5.51 Å². The summed E-state index contributed by atoms with van der Waals surface area (Å²) in [5.74, 6) is 0. The second-order valence-corrected chi connectivity index (χ2v) is 6.67. The number of halogens is 3. The fourth-order valence-corrected chi connectivity index (χ4v) is 3.28. The normalized spacial score (nSPS) is 21.0. The number of sulfone groups is 1. The van der Waals surface area contributed by atoms with Gasteiger partial charge in [-0.15, -0.1) is 0 Å². The van der Waals surface area contributed by atoms with Crippen molar-refractivity contribution < 1.29 is 21.6 Å². The Morgan fingerprint density at radius 3 is 2.50 bits per heavy atom. The molecule has 1 fully saturated rings. The summed E-state index contributed by atoms with van der Waals surface area (Å²) < 4.78 is 61.4. The number of para-hydroxylation sites is 1. The van der Waals surface area contributed by atoms with Gasteiger partial charge in [0.1, 0.15) is 0 Å². The van der Waals surface area contributed by atoms with Crippen molar-refractivity contribution in [3.63, 3.8) is 0 Å². The zero-order chi connectivity index (χ0) is 15.0. The second kappa shape index (κ2) is 5.25. The van der Waals surface area contributed by atoms with E-state index in [2.05, 4.69) is 0 Å². The summed E-state index contributed by atoms with van der Waals surface area (Å²) >= 11 is 0. The van der Waals surface area contributed by atoms with Crippen molar-refractivity contribution in [2.45, 2.75) is 29.3 Å². The molecule has 1 heterocycles. The fourth-order valence-electron chi connectivity index (χ4n) is 2.30. The molecule has 2 rings (SSSR count). The minimum Gasteiger partial charge on any atom is -0.369 e. The van der Waals surface area contributed by atoms with Crippen molar-refractivity contribution in [1.82, 2.24) is 0 Å². The van der Waals surface area contributed by atoms with Crippen LogP contribution in [0.15, 0.2) is 29.2 Å². The molecule has 4 nitrogen and oxygen atoms in total. The molecular weight excluding hydrogens is 293 g/mol. The first-order valence-electron chi connectivity index (χ1n) is 6.14. The average molecular weight is 308 g/mol. The van der Waals surface area contributed by atoms with Crippen molar-refractivity contribution in [2.75, 3.05) is 18.0 Å². The van der Waals surface area contributed by atoms with Gasteiger partial charge in [-0.1, -0.05) is 12.1 Å². The minimum atomic E-state index is -5.36. The molecule has 20 heavy (non-hydrogen) atoms. The minimum absolute atomic E-state index is 0.0694. The molecule has 0 aromatic heterocycles. The molecule has 0 amide bonds. The van der Waals surface area contributed by atoms with Gasteiger partial charge in [0.25, 0.3) is 9.84 Å². The van der Waals surface area contributed by atoms with Gasteiger partial charge in [0, 0.05) is 19.1 Å². The number of rotatable bonds is 2. The third-order valence-electron chi connectivity index (χ3n) is 3.26. The molecule has 2 N–H and O–H groups in total. The zero-order valence-corrected chi connectivity index (χ0v) is 11.4. The van der Waals surface area contributed by atoms with E-state index in [0.29, 0.717) is 13.1 Å². The maximum absolute atomic E-state index is 12.7. The van der Waals surface area contributed by atoms with Gasteiger partial charge in [0.15, 0.2) is 0 Å². The van der Waals surface area contributed by atoms with Gasteiger partial charge in [0.2, 0.25) is 0 Å². The molecule has 1 saturated heterocycles. The van der Waals surface area contributed by atoms with Gasteiger partial charge < -0.3 is 10.6 Å². The second-order valence-electron chi connectivity index (χ2n) is 4.77. The molecule has 1 aromatic rings. The Balaban J connectivity index is 2.46. The number of hydrogen-bond donors (Lipinski definition) is 1. The monoisotopic (exact) mass is 308 g/mol. The van der Waals surface area contributed by atoms with E-state index in [-0.39, 0.29) is 11.7 Å². The summed E-state index contributed by atoms with van der Waals surface area (Å²) in [6.45, 7) is 0.850. The summed E-state index contributed by atoms with van der Waals surface area (Å²) in [5, 5.41) is 0. The van der Waals surface area contributed by atoms with Crippen LogP contribution in [0.5, 0.6) is 0 Å². The predicted octanol–water partition coefficient (Wildman–Crippen LogP) is 1.91. The molecule has 1 aliphatic heterocycles. The fraction of sp³-hybridized carbons (Fsp3) is 0.500. The highest BCUT2D eigenvalue weighted by atomic mass is 32.2. The SMILES string of the molecule is N[C@@H]1CCCN(c2ccccc2S(=O)(=O)C(F)(F)F)C1. The van der Waals surface area contributed by atoms with Crippen LogP contribution in [0.25, 0.3) is 0 Å². The molecule has 1 atom stereocenters. The highest BCUT2D eigenvalue weighted by Crippen LogP contribution is 2.36. The van der Waals surface area contributed by atoms with E-state index in [1.54, 1.807) is 4.90 Å². The topological polar surface area (TPSA) is 63.4 Å². The Bertz CT molecular complexity index is 587. The molecule has 0 saturated carbocycles. The third-order valence-corrected chi connectivity index (χ3v) is 4.79. The first kappa shape index (κ1) is 15.1. The summed E-state index contributed by atoms with van der Waals surface area (Å²) in [4.78, 5) is 0.897. The van der Waals surface area contributed by atoms with E-state index in [1.165, 1.54) is 18.2 Å². The standard InChI is InChI=1S/C12H15F3N2O2S/c13-12(14,15)20(18,19)11-6-2-1-5-10(11)17-7-3-4-9(16)8-17/h1-2,5-6,9H,3-4,7-8,16H2/t9-/m1/s1. The van der Waals surface area contributed by atoms with E-state index >= 15 is 0 Å². The van der Waals surface area contributed by atoms with Gasteiger partial charge in [-0.3, -0.25) is 0 Å². The average Bonchev–Trinajstić information content (AvgIpc) is 2.37. The van der Waals surface area contributed by atoms with Crippen LogP contribution in [-0.4, -0.2) is 33.1 Å². The number of piperidine rings is 1. The summed E-state index contributed by atoms with van der Waals surface area (Å²) in [7, 11) is -5.36. The van der Waals surface area contributed by atoms with Gasteiger partial charge in [-0.25, -0.2) is 8.42 Å². The molecule has 1 aliphatic rings. The molecule has 0 radical (unpaired) electrons. The van der Waals surface area contributed by atoms with Crippen molar-refractivity contribution in [3.05, 3.63) is 24.3 Å². The van der Waals surface area contributed by atoms with Crippen molar-refractivity contribution in [2.24, 2.45) is 5.73 Å². The Morgan fingerprint density at radius 2 is 1.90 bits per heavy atom. The van der Waals surface area contributed by atoms with Crippen LogP contribution in [0.4, 0.5) is 18.9 Å². The lowest BCUT2D eigenvalue weighted by Crippen LogP contribution is -2.43. The maximum atomic E-state index is 12.7. The molecule has 0 unspecified atom stereocenters. The molecular formula is C12H15F3N2O2S. The number of alkyl halides is 3. The largest absolute Gasteiger partial charge is 0.501 e. The summed E-state index contributed by atoms with van der Waals surface area (Å²) in [5.41, 5.74) is 0.559. The Hall–Kier alpha value is -1.28. The van der Waals surface area contributed by atoms with Gasteiger partial charge in [-0.2, -0.15) is 13.2 Å². The Kier molecular flexibility index (Phi) is 3.97. The molecule has 0 bridgehead atoms. The Labute approximate surface area is 115 Å². The number of anilines is 1. The first-order valence-corrected chi connectivity index (χ1v) is 7.62.